The summed E-state index contributed by atoms with van der Waals surface area (Å²) in [5, 5.41) is 0. The van der Waals surface area contributed by atoms with Crippen molar-refractivity contribution in [1.82, 2.24) is 0 Å². The van der Waals surface area contributed by atoms with Crippen LogP contribution in [0.15, 0.2) is 0 Å². The maximum Gasteiger partial charge on any atom is 0.395 e. The van der Waals surface area contributed by atoms with Crippen molar-refractivity contribution in [3.8, 4) is 0 Å². The molecule has 0 amide bonds. The molecule has 68 valence electrons. The fraction of sp³-hybridized carbons (Fsp3) is 0.857. The van der Waals surface area contributed by atoms with E-state index in [0.29, 0.717) is 0 Å². The molecule has 3 atom stereocenters. The van der Waals surface area contributed by atoms with E-state index in [-0.39, 0.29) is 6.61 Å². The minimum absolute atomic E-state index is 0.0699. The van der Waals surface area contributed by atoms with Gasteiger partial charge >= 0.3 is 12.1 Å². The maximum atomic E-state index is 12.3. The molecular weight excluding hydrogens is 173 g/mol. The Morgan fingerprint density at radius 2 is 2.17 bits per heavy atom. The van der Waals surface area contributed by atoms with Crippen LogP contribution in [0.2, 0.25) is 0 Å². The van der Waals surface area contributed by atoms with Crippen molar-refractivity contribution in [2.45, 2.75) is 13.1 Å². The second-order valence-electron chi connectivity index (χ2n) is 3.49. The zero-order chi connectivity index (χ0) is 9.15. The Morgan fingerprint density at radius 1 is 1.58 bits per heavy atom. The van der Waals surface area contributed by atoms with Gasteiger partial charge in [0.05, 0.1) is 17.9 Å². The zero-order valence-electron chi connectivity index (χ0n) is 6.31. The third-order valence-electron chi connectivity index (χ3n) is 2.98. The van der Waals surface area contributed by atoms with Crippen molar-refractivity contribution < 1.29 is 22.7 Å². The molecule has 0 aromatic rings. The third-order valence-corrected chi connectivity index (χ3v) is 2.98. The molecule has 0 N–H and O–H groups in total. The van der Waals surface area contributed by atoms with E-state index in [4.69, 9.17) is 0 Å². The normalized spacial score (nSPS) is 45.5. The van der Waals surface area contributed by atoms with Crippen LogP contribution >= 0.6 is 0 Å². The van der Waals surface area contributed by atoms with E-state index < -0.39 is 29.4 Å². The van der Waals surface area contributed by atoms with Gasteiger partial charge in [0.15, 0.2) is 0 Å². The molecule has 2 rings (SSSR count). The first kappa shape index (κ1) is 7.89. The number of carbonyl (C=O) groups is 1. The molecule has 0 spiro atoms. The molecule has 3 unspecified atom stereocenters. The monoisotopic (exact) mass is 180 g/mol. The Hall–Kier alpha value is -0.740. The molecule has 0 aromatic heterocycles. The van der Waals surface area contributed by atoms with Gasteiger partial charge in [-0.3, -0.25) is 4.79 Å². The Bertz CT molecular complexity index is 248. The lowest BCUT2D eigenvalue weighted by Gasteiger charge is -2.18. The summed E-state index contributed by atoms with van der Waals surface area (Å²) in [6, 6.07) is 0. The summed E-state index contributed by atoms with van der Waals surface area (Å²) in [6.45, 7) is 1.02. The standard InChI is InChI=1S/C7H7F3O2/c1-6(7(8,9)10)3-2-12-5(11)4(3)6/h3-4H,2H2,1H3. The van der Waals surface area contributed by atoms with Crippen molar-refractivity contribution in [3.05, 3.63) is 0 Å². The predicted molar refractivity (Wildman–Crippen MR) is 32.1 cm³/mol. The summed E-state index contributed by atoms with van der Waals surface area (Å²) in [7, 11) is 0. The van der Waals surface area contributed by atoms with E-state index in [1.165, 1.54) is 0 Å². The van der Waals surface area contributed by atoms with Crippen LogP contribution in [0.1, 0.15) is 6.92 Å². The Kier molecular flexibility index (Phi) is 1.17. The van der Waals surface area contributed by atoms with Crippen molar-refractivity contribution >= 4 is 5.97 Å². The van der Waals surface area contributed by atoms with Gasteiger partial charge in [-0.2, -0.15) is 13.2 Å². The van der Waals surface area contributed by atoms with E-state index in [9.17, 15) is 18.0 Å². The number of fused-ring (bicyclic) bond motifs is 1. The minimum atomic E-state index is -4.28. The highest BCUT2D eigenvalue weighted by atomic mass is 19.4. The predicted octanol–water partition coefficient (Wildman–Crippen LogP) is 1.36. The first-order chi connectivity index (χ1) is 5.39. The van der Waals surface area contributed by atoms with Crippen LogP contribution in [0.3, 0.4) is 0 Å². The van der Waals surface area contributed by atoms with Crippen LogP contribution < -0.4 is 0 Å². The number of hydrogen-bond acceptors (Lipinski definition) is 2. The van der Waals surface area contributed by atoms with Gasteiger partial charge in [-0.05, 0) is 6.92 Å². The zero-order valence-corrected chi connectivity index (χ0v) is 6.31. The number of esters is 1. The number of rotatable bonds is 0. The van der Waals surface area contributed by atoms with Gasteiger partial charge in [0.2, 0.25) is 0 Å². The highest BCUT2D eigenvalue weighted by Crippen LogP contribution is 2.69. The number of hydrogen-bond donors (Lipinski definition) is 0. The number of cyclic esters (lactones) is 1. The molecule has 2 aliphatic rings. The Labute approximate surface area is 66.7 Å². The molecule has 12 heavy (non-hydrogen) atoms. The Morgan fingerprint density at radius 3 is 2.42 bits per heavy atom. The van der Waals surface area contributed by atoms with Gasteiger partial charge in [-0.25, -0.2) is 0 Å². The van der Waals surface area contributed by atoms with E-state index in [0.717, 1.165) is 6.92 Å². The van der Waals surface area contributed by atoms with Crippen molar-refractivity contribution in [2.75, 3.05) is 6.61 Å². The van der Waals surface area contributed by atoms with Gasteiger partial charge in [0.25, 0.3) is 0 Å². The molecular formula is C7H7F3O2. The van der Waals surface area contributed by atoms with Crippen molar-refractivity contribution in [3.63, 3.8) is 0 Å². The molecule has 1 aliphatic carbocycles. The summed E-state index contributed by atoms with van der Waals surface area (Å²) >= 11 is 0. The topological polar surface area (TPSA) is 26.3 Å². The molecule has 0 bridgehead atoms. The van der Waals surface area contributed by atoms with Crippen molar-refractivity contribution in [1.29, 1.82) is 0 Å². The van der Waals surface area contributed by atoms with E-state index in [1.54, 1.807) is 0 Å². The molecule has 2 nitrogen and oxygen atoms in total. The Balaban J connectivity index is 2.25. The average molecular weight is 180 g/mol. The summed E-state index contributed by atoms with van der Waals surface area (Å²) in [5.74, 6) is -2.26. The summed E-state index contributed by atoms with van der Waals surface area (Å²) in [6.07, 6.45) is -4.28. The maximum absolute atomic E-state index is 12.3. The third kappa shape index (κ3) is 0.647. The molecule has 0 radical (unpaired) electrons. The number of halogens is 3. The average Bonchev–Trinajstić information content (AvgIpc) is 2.29. The highest BCUT2D eigenvalue weighted by molar-refractivity contribution is 5.80. The first-order valence-electron chi connectivity index (χ1n) is 3.62. The fourth-order valence-electron chi connectivity index (χ4n) is 1.93. The number of alkyl halides is 3. The molecule has 0 aromatic carbocycles. The minimum Gasteiger partial charge on any atom is -0.465 e. The van der Waals surface area contributed by atoms with E-state index in [1.807, 2.05) is 0 Å². The van der Waals surface area contributed by atoms with Gasteiger partial charge in [-0.15, -0.1) is 0 Å². The lowest BCUT2D eigenvalue weighted by atomic mass is 10.0. The summed E-state index contributed by atoms with van der Waals surface area (Å²) in [5.41, 5.74) is -1.80. The van der Waals surface area contributed by atoms with Gasteiger partial charge in [-0.1, -0.05) is 0 Å². The van der Waals surface area contributed by atoms with Gasteiger partial charge in [0, 0.05) is 5.92 Å². The smallest absolute Gasteiger partial charge is 0.395 e. The van der Waals surface area contributed by atoms with E-state index in [2.05, 4.69) is 4.74 Å². The van der Waals surface area contributed by atoms with Crippen LogP contribution in [0, 0.1) is 17.3 Å². The quantitative estimate of drug-likeness (QED) is 0.526. The molecule has 5 heteroatoms. The highest BCUT2D eigenvalue weighted by Gasteiger charge is 2.80. The fourth-order valence-corrected chi connectivity index (χ4v) is 1.93. The SMILES string of the molecule is CC1(C(F)(F)F)C2COC(=O)C21. The lowest BCUT2D eigenvalue weighted by Crippen LogP contribution is -2.29. The van der Waals surface area contributed by atoms with Crippen LogP contribution in [0.25, 0.3) is 0 Å². The summed E-state index contributed by atoms with van der Waals surface area (Å²) < 4.78 is 41.4. The van der Waals surface area contributed by atoms with Gasteiger partial charge in [0.1, 0.15) is 0 Å². The molecule has 1 heterocycles. The van der Waals surface area contributed by atoms with Crippen LogP contribution in [0.4, 0.5) is 13.2 Å². The van der Waals surface area contributed by atoms with Gasteiger partial charge < -0.3 is 4.74 Å². The van der Waals surface area contributed by atoms with E-state index >= 15 is 0 Å². The number of ether oxygens (including phenoxy) is 1. The second kappa shape index (κ2) is 1.78. The first-order valence-corrected chi connectivity index (χ1v) is 3.62. The van der Waals surface area contributed by atoms with Crippen molar-refractivity contribution in [2.24, 2.45) is 17.3 Å². The number of carbonyl (C=O) groups excluding carboxylic acids is 1. The second-order valence-corrected chi connectivity index (χ2v) is 3.49. The molecule has 1 saturated heterocycles. The lowest BCUT2D eigenvalue weighted by molar-refractivity contribution is -0.200. The molecule has 1 aliphatic heterocycles. The molecule has 2 fully saturated rings. The van der Waals surface area contributed by atoms with Crippen LogP contribution in [-0.4, -0.2) is 18.8 Å². The summed E-state index contributed by atoms with van der Waals surface area (Å²) in [4.78, 5) is 10.8. The van der Waals surface area contributed by atoms with Crippen LogP contribution in [0.5, 0.6) is 0 Å². The largest absolute Gasteiger partial charge is 0.465 e. The van der Waals surface area contributed by atoms with Crippen LogP contribution in [-0.2, 0) is 9.53 Å². The molecule has 1 saturated carbocycles.